The van der Waals surface area contributed by atoms with E-state index in [0.717, 1.165) is 4.31 Å². The summed E-state index contributed by atoms with van der Waals surface area (Å²) in [5.41, 5.74) is 0.581. The first-order valence-electron chi connectivity index (χ1n) is 8.97. The van der Waals surface area contributed by atoms with Crippen LogP contribution in [0.4, 0.5) is 5.69 Å². The molecule has 1 unspecified atom stereocenters. The Hall–Kier alpha value is -2.42. The first kappa shape index (κ1) is 22.9. The molecule has 7 nitrogen and oxygen atoms in total. The molecule has 0 aliphatic carbocycles. The van der Waals surface area contributed by atoms with Gasteiger partial charge in [-0.25, -0.2) is 13.2 Å². The van der Waals surface area contributed by atoms with Crippen molar-refractivity contribution < 1.29 is 22.7 Å². The lowest BCUT2D eigenvalue weighted by molar-refractivity contribution is -0.119. The summed E-state index contributed by atoms with van der Waals surface area (Å²) in [6, 6.07) is 11.1. The highest BCUT2D eigenvalue weighted by atomic mass is 35.5. The molecule has 156 valence electrons. The normalized spacial score (nSPS) is 12.4. The average Bonchev–Trinajstić information content (AvgIpc) is 2.70. The molecule has 1 amide bonds. The van der Waals surface area contributed by atoms with Crippen LogP contribution in [0, 0.1) is 0 Å². The number of amides is 1. The zero-order chi connectivity index (χ0) is 21.6. The molecule has 0 aromatic heterocycles. The van der Waals surface area contributed by atoms with Gasteiger partial charge >= 0.3 is 5.97 Å². The quantitative estimate of drug-likeness (QED) is 0.636. The zero-order valence-electron chi connectivity index (χ0n) is 16.4. The summed E-state index contributed by atoms with van der Waals surface area (Å²) in [5.74, 6) is -1.13. The van der Waals surface area contributed by atoms with E-state index in [1.165, 1.54) is 38.3 Å². The van der Waals surface area contributed by atoms with Gasteiger partial charge in [0, 0.05) is 17.3 Å². The lowest BCUT2D eigenvalue weighted by Crippen LogP contribution is -2.45. The predicted octanol–water partition coefficient (Wildman–Crippen LogP) is 3.55. The SMILES string of the molecule is CCCN(C(C)C(=O)Nc1cccc(Cl)c1)S(=O)(=O)c1cccc(C(=O)OC)c1. The van der Waals surface area contributed by atoms with Gasteiger partial charge in [0.05, 0.1) is 17.6 Å². The molecule has 0 radical (unpaired) electrons. The molecule has 0 spiro atoms. The fourth-order valence-corrected chi connectivity index (χ4v) is 4.65. The Labute approximate surface area is 175 Å². The number of hydrogen-bond acceptors (Lipinski definition) is 5. The first-order valence-corrected chi connectivity index (χ1v) is 10.8. The number of hydrogen-bond donors (Lipinski definition) is 1. The highest BCUT2D eigenvalue weighted by Gasteiger charge is 2.33. The van der Waals surface area contributed by atoms with Crippen molar-refractivity contribution >= 4 is 39.2 Å². The smallest absolute Gasteiger partial charge is 0.337 e. The molecule has 1 atom stereocenters. The Balaban J connectivity index is 2.33. The van der Waals surface area contributed by atoms with Crippen LogP contribution in [-0.4, -0.2) is 44.3 Å². The van der Waals surface area contributed by atoms with Crippen LogP contribution in [0.2, 0.25) is 5.02 Å². The Morgan fingerprint density at radius 1 is 1.17 bits per heavy atom. The van der Waals surface area contributed by atoms with E-state index in [4.69, 9.17) is 11.6 Å². The summed E-state index contributed by atoms with van der Waals surface area (Å²) in [4.78, 5) is 24.4. The monoisotopic (exact) mass is 438 g/mol. The summed E-state index contributed by atoms with van der Waals surface area (Å²) in [6.45, 7) is 3.46. The molecule has 0 bridgehead atoms. The van der Waals surface area contributed by atoms with Crippen LogP contribution in [-0.2, 0) is 19.6 Å². The minimum atomic E-state index is -4.03. The third-order valence-corrected chi connectivity index (χ3v) is 6.41. The lowest BCUT2D eigenvalue weighted by Gasteiger charge is -2.27. The van der Waals surface area contributed by atoms with Gasteiger partial charge in [-0.1, -0.05) is 30.7 Å². The van der Waals surface area contributed by atoms with Gasteiger partial charge in [0.25, 0.3) is 0 Å². The molecule has 2 rings (SSSR count). The van der Waals surface area contributed by atoms with E-state index >= 15 is 0 Å². The van der Waals surface area contributed by atoms with Gasteiger partial charge < -0.3 is 10.1 Å². The molecular weight excluding hydrogens is 416 g/mol. The highest BCUT2D eigenvalue weighted by molar-refractivity contribution is 7.89. The maximum Gasteiger partial charge on any atom is 0.337 e. The number of halogens is 1. The minimum absolute atomic E-state index is 0.0868. The number of methoxy groups -OCH3 is 1. The topological polar surface area (TPSA) is 92.8 Å². The zero-order valence-corrected chi connectivity index (χ0v) is 18.0. The van der Waals surface area contributed by atoms with Crippen molar-refractivity contribution in [2.24, 2.45) is 0 Å². The van der Waals surface area contributed by atoms with E-state index in [0.29, 0.717) is 17.1 Å². The summed E-state index contributed by atoms with van der Waals surface area (Å²) >= 11 is 5.93. The molecule has 0 aliphatic heterocycles. The molecule has 0 saturated heterocycles. The fourth-order valence-electron chi connectivity index (χ4n) is 2.72. The third kappa shape index (κ3) is 5.56. The van der Waals surface area contributed by atoms with Gasteiger partial charge in [-0.2, -0.15) is 4.31 Å². The number of sulfonamides is 1. The van der Waals surface area contributed by atoms with Gasteiger partial charge in [-0.3, -0.25) is 4.79 Å². The molecule has 0 aliphatic rings. The van der Waals surface area contributed by atoms with Gasteiger partial charge in [0.1, 0.15) is 6.04 Å². The van der Waals surface area contributed by atoms with Crippen molar-refractivity contribution in [1.29, 1.82) is 0 Å². The van der Waals surface area contributed by atoms with Crippen LogP contribution in [0.1, 0.15) is 30.6 Å². The lowest BCUT2D eigenvalue weighted by atomic mass is 10.2. The van der Waals surface area contributed by atoms with Crippen molar-refractivity contribution in [1.82, 2.24) is 4.31 Å². The van der Waals surface area contributed by atoms with E-state index in [-0.39, 0.29) is 17.0 Å². The molecule has 29 heavy (non-hydrogen) atoms. The molecule has 0 fully saturated rings. The number of anilines is 1. The van der Waals surface area contributed by atoms with Crippen molar-refractivity contribution in [2.75, 3.05) is 19.0 Å². The van der Waals surface area contributed by atoms with Gasteiger partial charge in [-0.15, -0.1) is 0 Å². The number of carbonyl (C=O) groups excluding carboxylic acids is 2. The Morgan fingerprint density at radius 2 is 1.86 bits per heavy atom. The van der Waals surface area contributed by atoms with Crippen molar-refractivity contribution in [3.8, 4) is 0 Å². The Bertz CT molecular complexity index is 994. The Morgan fingerprint density at radius 3 is 2.48 bits per heavy atom. The molecule has 1 N–H and O–H groups in total. The van der Waals surface area contributed by atoms with E-state index in [1.54, 1.807) is 24.3 Å². The number of ether oxygens (including phenoxy) is 1. The first-order chi connectivity index (χ1) is 13.7. The van der Waals surface area contributed by atoms with Crippen LogP contribution in [0.25, 0.3) is 0 Å². The number of esters is 1. The summed E-state index contributed by atoms with van der Waals surface area (Å²) < 4.78 is 32.2. The van der Waals surface area contributed by atoms with Crippen LogP contribution in [0.15, 0.2) is 53.4 Å². The van der Waals surface area contributed by atoms with Gasteiger partial charge in [0.2, 0.25) is 15.9 Å². The predicted molar refractivity (Wildman–Crippen MR) is 112 cm³/mol. The summed E-state index contributed by atoms with van der Waals surface area (Å²) in [5, 5.41) is 3.13. The third-order valence-electron chi connectivity index (χ3n) is 4.21. The van der Waals surface area contributed by atoms with Crippen LogP contribution in [0.3, 0.4) is 0 Å². The summed E-state index contributed by atoms with van der Waals surface area (Å²) in [7, 11) is -2.82. The number of nitrogens with zero attached hydrogens (tertiary/aromatic N) is 1. The van der Waals surface area contributed by atoms with Crippen LogP contribution in [0.5, 0.6) is 0 Å². The van der Waals surface area contributed by atoms with Crippen molar-refractivity contribution in [3.05, 3.63) is 59.1 Å². The Kier molecular flexibility index (Phi) is 7.78. The molecule has 9 heteroatoms. The number of carbonyl (C=O) groups is 2. The fraction of sp³-hybridized carbons (Fsp3) is 0.300. The molecular formula is C20H23ClN2O5S. The van der Waals surface area contributed by atoms with Crippen LogP contribution >= 0.6 is 11.6 Å². The van der Waals surface area contributed by atoms with Crippen molar-refractivity contribution in [2.45, 2.75) is 31.2 Å². The average molecular weight is 439 g/mol. The molecule has 2 aromatic carbocycles. The number of benzene rings is 2. The highest BCUT2D eigenvalue weighted by Crippen LogP contribution is 2.22. The second-order valence-corrected chi connectivity index (χ2v) is 8.64. The molecule has 0 saturated carbocycles. The number of rotatable bonds is 8. The van der Waals surface area contributed by atoms with E-state index in [2.05, 4.69) is 10.1 Å². The maximum absolute atomic E-state index is 13.2. The van der Waals surface area contributed by atoms with E-state index in [9.17, 15) is 18.0 Å². The second kappa shape index (κ2) is 9.87. The molecule has 2 aromatic rings. The minimum Gasteiger partial charge on any atom is -0.465 e. The summed E-state index contributed by atoms with van der Waals surface area (Å²) in [6.07, 6.45) is 0.505. The standard InChI is InChI=1S/C20H23ClN2O5S/c1-4-11-23(14(2)19(24)22-17-9-6-8-16(21)13-17)29(26,27)18-10-5-7-15(12-18)20(25)28-3/h5-10,12-14H,4,11H2,1-3H3,(H,22,24). The molecule has 0 heterocycles. The largest absolute Gasteiger partial charge is 0.465 e. The number of nitrogens with one attached hydrogen (secondary N) is 1. The van der Waals surface area contributed by atoms with Crippen LogP contribution < -0.4 is 5.32 Å². The van der Waals surface area contributed by atoms with Crippen molar-refractivity contribution in [3.63, 3.8) is 0 Å². The van der Waals surface area contributed by atoms with Gasteiger partial charge in [0.15, 0.2) is 0 Å². The van der Waals surface area contributed by atoms with E-state index in [1.807, 2.05) is 6.92 Å². The second-order valence-electron chi connectivity index (χ2n) is 6.31. The van der Waals surface area contributed by atoms with Gasteiger partial charge in [-0.05, 0) is 49.7 Å². The van der Waals surface area contributed by atoms with E-state index < -0.39 is 27.9 Å². The maximum atomic E-state index is 13.2.